The molecule has 190 valence electrons. The van der Waals surface area contributed by atoms with E-state index in [2.05, 4.69) is 9.89 Å². The van der Waals surface area contributed by atoms with Gasteiger partial charge in [0.25, 0.3) is 0 Å². The maximum absolute atomic E-state index is 12.8. The minimum atomic E-state index is -3.82. The number of amidine groups is 1. The molecule has 35 heavy (non-hydrogen) atoms. The van der Waals surface area contributed by atoms with Crippen LogP contribution in [0.3, 0.4) is 0 Å². The van der Waals surface area contributed by atoms with Gasteiger partial charge in [-0.05, 0) is 30.2 Å². The third kappa shape index (κ3) is 6.54. The van der Waals surface area contributed by atoms with Crippen molar-refractivity contribution in [2.24, 2.45) is 4.99 Å². The number of carbonyl (C=O) groups excluding carboxylic acids is 1. The first-order valence-electron chi connectivity index (χ1n) is 11.1. The van der Waals surface area contributed by atoms with Gasteiger partial charge >= 0.3 is 0 Å². The molecule has 0 aromatic heterocycles. The van der Waals surface area contributed by atoms with Crippen molar-refractivity contribution in [3.8, 4) is 0 Å². The molecule has 3 rings (SSSR count). The molecular formula is C24H30Cl2N4O4S. The number of benzene rings is 2. The van der Waals surface area contributed by atoms with Crippen molar-refractivity contribution >= 4 is 45.0 Å². The maximum Gasteiger partial charge on any atom is 0.248 e. The van der Waals surface area contributed by atoms with Crippen molar-refractivity contribution in [2.75, 3.05) is 54.0 Å². The van der Waals surface area contributed by atoms with E-state index in [1.807, 2.05) is 31.3 Å². The van der Waals surface area contributed by atoms with E-state index in [0.717, 1.165) is 34.4 Å². The van der Waals surface area contributed by atoms with E-state index in [-0.39, 0.29) is 35.6 Å². The van der Waals surface area contributed by atoms with Crippen LogP contribution in [0.5, 0.6) is 0 Å². The van der Waals surface area contributed by atoms with Crippen LogP contribution in [-0.4, -0.2) is 88.3 Å². The van der Waals surface area contributed by atoms with E-state index < -0.39 is 10.0 Å². The van der Waals surface area contributed by atoms with Gasteiger partial charge in [0.05, 0.1) is 18.2 Å². The number of rotatable bonds is 10. The zero-order chi connectivity index (χ0) is 25.8. The Morgan fingerprint density at radius 2 is 1.83 bits per heavy atom. The van der Waals surface area contributed by atoms with Crippen molar-refractivity contribution in [1.82, 2.24) is 14.1 Å². The standard InChI is InChI=1S/C24H30Cl2N4O4S/c1-17-20(25)9-10-21(23(17)26)35(32,33)30(4)13-14-34-16-22(31)29(3)15-18-5-7-19(8-6-18)24-27-11-12-28(24)2/h5-10H,11-16H2,1-4H3. The van der Waals surface area contributed by atoms with Crippen molar-refractivity contribution in [2.45, 2.75) is 18.4 Å². The monoisotopic (exact) mass is 540 g/mol. The molecule has 1 amide bonds. The van der Waals surface area contributed by atoms with Gasteiger partial charge in [-0.15, -0.1) is 0 Å². The van der Waals surface area contributed by atoms with Gasteiger partial charge < -0.3 is 14.5 Å². The van der Waals surface area contributed by atoms with E-state index in [4.69, 9.17) is 27.9 Å². The van der Waals surface area contributed by atoms with Crippen molar-refractivity contribution in [1.29, 1.82) is 0 Å². The van der Waals surface area contributed by atoms with Gasteiger partial charge in [-0.2, -0.15) is 4.31 Å². The van der Waals surface area contributed by atoms with Crippen LogP contribution < -0.4 is 0 Å². The Hall–Kier alpha value is -2.17. The average Bonchev–Trinajstić information content (AvgIpc) is 3.26. The van der Waals surface area contributed by atoms with Gasteiger partial charge in [0.1, 0.15) is 17.3 Å². The molecule has 0 radical (unpaired) electrons. The molecule has 0 N–H and O–H groups in total. The average molecular weight is 542 g/mol. The highest BCUT2D eigenvalue weighted by molar-refractivity contribution is 7.89. The van der Waals surface area contributed by atoms with Crippen LogP contribution in [-0.2, 0) is 26.1 Å². The second-order valence-corrected chi connectivity index (χ2v) is 11.2. The number of ether oxygens (including phenoxy) is 1. The molecule has 1 heterocycles. The quantitative estimate of drug-likeness (QED) is 0.432. The SMILES string of the molecule is Cc1c(Cl)ccc(S(=O)(=O)N(C)CCOCC(=O)N(C)Cc2ccc(C3=NCCN3C)cc2)c1Cl. The molecule has 0 spiro atoms. The molecule has 0 aliphatic carbocycles. The molecule has 8 nitrogen and oxygen atoms in total. The zero-order valence-electron chi connectivity index (χ0n) is 20.3. The minimum Gasteiger partial charge on any atom is -0.370 e. The van der Waals surface area contributed by atoms with Gasteiger partial charge in [-0.1, -0.05) is 47.5 Å². The summed E-state index contributed by atoms with van der Waals surface area (Å²) in [7, 11) is 1.34. The van der Waals surface area contributed by atoms with Crippen LogP contribution >= 0.6 is 23.2 Å². The maximum atomic E-state index is 12.8. The first-order valence-corrected chi connectivity index (χ1v) is 13.3. The predicted molar refractivity (Wildman–Crippen MR) is 139 cm³/mol. The van der Waals surface area contributed by atoms with Crippen LogP contribution in [0, 0.1) is 6.92 Å². The lowest BCUT2D eigenvalue weighted by Gasteiger charge is -2.20. The summed E-state index contributed by atoms with van der Waals surface area (Å²) in [4.78, 5) is 20.6. The van der Waals surface area contributed by atoms with E-state index >= 15 is 0 Å². The number of carbonyl (C=O) groups is 1. The summed E-state index contributed by atoms with van der Waals surface area (Å²) in [5.74, 6) is 0.783. The molecule has 1 aliphatic rings. The van der Waals surface area contributed by atoms with E-state index in [1.165, 1.54) is 19.2 Å². The molecule has 0 saturated carbocycles. The molecule has 1 aliphatic heterocycles. The summed E-state index contributed by atoms with van der Waals surface area (Å²) in [6, 6.07) is 10.9. The Kier molecular flexibility index (Phi) is 9.17. The van der Waals surface area contributed by atoms with Crippen LogP contribution in [0.15, 0.2) is 46.3 Å². The molecule has 0 unspecified atom stereocenters. The predicted octanol–water partition coefficient (Wildman–Crippen LogP) is 3.29. The fourth-order valence-electron chi connectivity index (χ4n) is 3.55. The summed E-state index contributed by atoms with van der Waals surface area (Å²) < 4.78 is 32.3. The van der Waals surface area contributed by atoms with Crippen LogP contribution in [0.2, 0.25) is 10.0 Å². The topological polar surface area (TPSA) is 82.5 Å². The number of amides is 1. The van der Waals surface area contributed by atoms with Crippen molar-refractivity contribution in [3.05, 3.63) is 63.1 Å². The van der Waals surface area contributed by atoms with Crippen molar-refractivity contribution < 1.29 is 17.9 Å². The Balaban J connectivity index is 1.46. The van der Waals surface area contributed by atoms with E-state index in [9.17, 15) is 13.2 Å². The molecule has 11 heteroatoms. The Labute approximate surface area is 217 Å². The molecule has 0 fully saturated rings. The lowest BCUT2D eigenvalue weighted by atomic mass is 10.1. The number of nitrogens with zero attached hydrogens (tertiary/aromatic N) is 4. The Bertz CT molecular complexity index is 1200. The first kappa shape index (κ1) is 27.4. The molecule has 0 bridgehead atoms. The van der Waals surface area contributed by atoms with Crippen LogP contribution in [0.25, 0.3) is 0 Å². The highest BCUT2D eigenvalue weighted by Gasteiger charge is 2.25. The third-order valence-corrected chi connectivity index (χ3v) is 8.77. The minimum absolute atomic E-state index is 0.0166. The number of sulfonamides is 1. The fourth-order valence-corrected chi connectivity index (χ4v) is 5.49. The van der Waals surface area contributed by atoms with E-state index in [0.29, 0.717) is 17.1 Å². The highest BCUT2D eigenvalue weighted by atomic mass is 35.5. The molecule has 0 saturated heterocycles. The van der Waals surface area contributed by atoms with Crippen LogP contribution in [0.1, 0.15) is 16.7 Å². The number of aliphatic imine (C=N–C) groups is 1. The highest BCUT2D eigenvalue weighted by Crippen LogP contribution is 2.31. The van der Waals surface area contributed by atoms with Gasteiger partial charge in [0.2, 0.25) is 15.9 Å². The number of hydrogen-bond donors (Lipinski definition) is 0. The largest absolute Gasteiger partial charge is 0.370 e. The molecule has 2 aromatic carbocycles. The zero-order valence-corrected chi connectivity index (χ0v) is 22.6. The summed E-state index contributed by atoms with van der Waals surface area (Å²) in [6.07, 6.45) is 0. The van der Waals surface area contributed by atoms with Gasteiger partial charge in [0.15, 0.2) is 0 Å². The Morgan fingerprint density at radius 1 is 1.14 bits per heavy atom. The fraction of sp³-hybridized carbons (Fsp3) is 0.417. The first-order chi connectivity index (χ1) is 16.5. The summed E-state index contributed by atoms with van der Waals surface area (Å²) in [6.45, 7) is 3.80. The Morgan fingerprint density at radius 3 is 2.46 bits per heavy atom. The normalized spacial score (nSPS) is 13.9. The second-order valence-electron chi connectivity index (χ2n) is 8.44. The van der Waals surface area contributed by atoms with E-state index in [1.54, 1.807) is 18.9 Å². The second kappa shape index (κ2) is 11.7. The third-order valence-electron chi connectivity index (χ3n) is 5.87. The smallest absolute Gasteiger partial charge is 0.248 e. The van der Waals surface area contributed by atoms with Gasteiger partial charge in [-0.3, -0.25) is 9.79 Å². The number of hydrogen-bond acceptors (Lipinski definition) is 6. The summed E-state index contributed by atoms with van der Waals surface area (Å²) in [5, 5.41) is 0.493. The molecule has 0 atom stereocenters. The number of halogens is 2. The number of likely N-dealkylation sites (N-methyl/N-ethyl adjacent to an activating group) is 3. The van der Waals surface area contributed by atoms with Gasteiger partial charge in [0, 0.05) is 51.4 Å². The molecular weight excluding hydrogens is 511 g/mol. The summed E-state index contributed by atoms with van der Waals surface area (Å²) >= 11 is 12.2. The summed E-state index contributed by atoms with van der Waals surface area (Å²) in [5.41, 5.74) is 2.55. The molecule has 2 aromatic rings. The lowest BCUT2D eigenvalue weighted by Crippen LogP contribution is -2.33. The van der Waals surface area contributed by atoms with Gasteiger partial charge in [-0.25, -0.2) is 8.42 Å². The lowest BCUT2D eigenvalue weighted by molar-refractivity contribution is -0.135. The van der Waals surface area contributed by atoms with Crippen LogP contribution in [0.4, 0.5) is 0 Å². The van der Waals surface area contributed by atoms with Crippen molar-refractivity contribution in [3.63, 3.8) is 0 Å².